The van der Waals surface area contributed by atoms with Crippen LogP contribution in [0.25, 0.3) is 5.65 Å². The Labute approximate surface area is 196 Å². The standard InChI is InChI=1S/C21H26N8O4S/c1-2-34(32,33)28-13-10-17(11-14-28)23-21(31)22-16-8-6-15(7-9-16)19(30)25-26-20-24-18-5-3-4-12-29(18)27-20/h3-9,12,17H,2,10-11,13-14H2,1H3,(H,25,30)(H,26,27)(H2,22,23,31). The quantitative estimate of drug-likeness (QED) is 0.369. The van der Waals surface area contributed by atoms with Crippen LogP contribution in [0.3, 0.4) is 0 Å². The number of hydrazine groups is 1. The average Bonchev–Trinajstić information content (AvgIpc) is 3.26. The monoisotopic (exact) mass is 486 g/mol. The Morgan fingerprint density at radius 3 is 2.50 bits per heavy atom. The van der Waals surface area contributed by atoms with E-state index in [1.165, 1.54) is 4.31 Å². The molecular weight excluding hydrogens is 460 g/mol. The van der Waals surface area contributed by atoms with Crippen molar-refractivity contribution in [2.24, 2.45) is 0 Å². The third kappa shape index (κ3) is 5.61. The maximum Gasteiger partial charge on any atom is 0.319 e. The molecular formula is C21H26N8O4S. The molecule has 0 saturated carbocycles. The summed E-state index contributed by atoms with van der Waals surface area (Å²) in [6.45, 7) is 2.41. The molecule has 0 unspecified atom stereocenters. The highest BCUT2D eigenvalue weighted by Crippen LogP contribution is 2.15. The van der Waals surface area contributed by atoms with E-state index in [4.69, 9.17) is 0 Å². The first-order chi connectivity index (χ1) is 16.3. The lowest BCUT2D eigenvalue weighted by Crippen LogP contribution is -2.47. The topological polar surface area (TPSA) is 150 Å². The van der Waals surface area contributed by atoms with Crippen molar-refractivity contribution in [2.45, 2.75) is 25.8 Å². The number of amides is 3. The molecule has 1 aromatic carbocycles. The van der Waals surface area contributed by atoms with E-state index >= 15 is 0 Å². The van der Waals surface area contributed by atoms with Crippen LogP contribution < -0.4 is 21.5 Å². The van der Waals surface area contributed by atoms with Gasteiger partial charge in [-0.05, 0) is 56.2 Å². The lowest BCUT2D eigenvalue weighted by atomic mass is 10.1. The number of rotatable bonds is 7. The second-order valence-electron chi connectivity index (χ2n) is 7.77. The van der Waals surface area contributed by atoms with E-state index in [9.17, 15) is 18.0 Å². The van der Waals surface area contributed by atoms with Crippen LogP contribution >= 0.6 is 0 Å². The van der Waals surface area contributed by atoms with Gasteiger partial charge in [0.05, 0.1) is 5.75 Å². The number of sulfonamides is 1. The second-order valence-corrected chi connectivity index (χ2v) is 10.0. The number of benzene rings is 1. The number of nitrogens with zero attached hydrogens (tertiary/aromatic N) is 4. The predicted molar refractivity (Wildman–Crippen MR) is 127 cm³/mol. The molecule has 0 bridgehead atoms. The molecule has 4 N–H and O–H groups in total. The number of piperidine rings is 1. The summed E-state index contributed by atoms with van der Waals surface area (Å²) in [4.78, 5) is 28.9. The van der Waals surface area contributed by atoms with E-state index < -0.39 is 10.0 Å². The van der Waals surface area contributed by atoms with Crippen LogP contribution in [0, 0.1) is 0 Å². The van der Waals surface area contributed by atoms with Crippen LogP contribution in [0.5, 0.6) is 0 Å². The highest BCUT2D eigenvalue weighted by atomic mass is 32.2. The Hall–Kier alpha value is -3.71. The van der Waals surface area contributed by atoms with Gasteiger partial charge >= 0.3 is 6.03 Å². The summed E-state index contributed by atoms with van der Waals surface area (Å²) in [6.07, 6.45) is 2.86. The number of urea groups is 1. The van der Waals surface area contributed by atoms with Crippen molar-refractivity contribution in [3.63, 3.8) is 0 Å². The fourth-order valence-electron chi connectivity index (χ4n) is 3.59. The normalized spacial score (nSPS) is 15.1. The summed E-state index contributed by atoms with van der Waals surface area (Å²) in [7, 11) is -3.20. The minimum absolute atomic E-state index is 0.0765. The SMILES string of the molecule is CCS(=O)(=O)N1CCC(NC(=O)Nc2ccc(C(=O)NNc3nc4ccccn4n3)cc2)CC1. The largest absolute Gasteiger partial charge is 0.335 e. The number of hydrogen-bond acceptors (Lipinski definition) is 7. The molecule has 0 atom stereocenters. The van der Waals surface area contributed by atoms with Gasteiger partial charge in [0.15, 0.2) is 5.65 Å². The van der Waals surface area contributed by atoms with Crippen molar-refractivity contribution in [2.75, 3.05) is 29.6 Å². The molecule has 180 valence electrons. The fraction of sp³-hybridized carbons (Fsp3) is 0.333. The minimum atomic E-state index is -3.20. The molecule has 2 aromatic heterocycles. The van der Waals surface area contributed by atoms with Gasteiger partial charge in [-0.1, -0.05) is 6.07 Å². The summed E-state index contributed by atoms with van der Waals surface area (Å²) < 4.78 is 26.9. The molecule has 3 heterocycles. The Kier molecular flexibility index (Phi) is 6.93. The van der Waals surface area contributed by atoms with Crippen molar-refractivity contribution in [3.8, 4) is 0 Å². The smallest absolute Gasteiger partial charge is 0.319 e. The summed E-state index contributed by atoms with van der Waals surface area (Å²) in [5, 5.41) is 9.78. The number of anilines is 2. The molecule has 13 heteroatoms. The van der Waals surface area contributed by atoms with E-state index in [1.807, 2.05) is 12.1 Å². The third-order valence-electron chi connectivity index (χ3n) is 5.48. The van der Waals surface area contributed by atoms with Gasteiger partial charge in [-0.2, -0.15) is 4.98 Å². The van der Waals surface area contributed by atoms with Gasteiger partial charge in [0, 0.05) is 36.6 Å². The lowest BCUT2D eigenvalue weighted by Gasteiger charge is -2.31. The van der Waals surface area contributed by atoms with E-state index in [1.54, 1.807) is 48.0 Å². The summed E-state index contributed by atoms with van der Waals surface area (Å²) in [5.41, 5.74) is 6.76. The number of carbonyl (C=O) groups excluding carboxylic acids is 2. The maximum absolute atomic E-state index is 12.4. The molecule has 1 aliphatic rings. The van der Waals surface area contributed by atoms with Crippen LogP contribution in [0.1, 0.15) is 30.1 Å². The Balaban J connectivity index is 1.24. The zero-order valence-corrected chi connectivity index (χ0v) is 19.4. The van der Waals surface area contributed by atoms with Crippen LogP contribution in [0.4, 0.5) is 16.4 Å². The van der Waals surface area contributed by atoms with Crippen LogP contribution in [0.15, 0.2) is 48.7 Å². The van der Waals surface area contributed by atoms with Crippen molar-refractivity contribution in [1.29, 1.82) is 0 Å². The van der Waals surface area contributed by atoms with Crippen LogP contribution in [-0.2, 0) is 10.0 Å². The molecule has 0 aliphatic carbocycles. The first kappa shape index (κ1) is 23.4. The van der Waals surface area contributed by atoms with Gasteiger partial charge in [-0.25, -0.2) is 22.0 Å². The molecule has 0 spiro atoms. The molecule has 34 heavy (non-hydrogen) atoms. The predicted octanol–water partition coefficient (Wildman–Crippen LogP) is 1.42. The van der Waals surface area contributed by atoms with E-state index in [0.29, 0.717) is 42.8 Å². The lowest BCUT2D eigenvalue weighted by molar-refractivity contribution is 0.0962. The number of carbonyl (C=O) groups is 2. The van der Waals surface area contributed by atoms with E-state index in [2.05, 4.69) is 31.6 Å². The average molecular weight is 487 g/mol. The van der Waals surface area contributed by atoms with Crippen molar-refractivity contribution in [1.82, 2.24) is 29.6 Å². The number of nitrogens with one attached hydrogen (secondary N) is 4. The molecule has 1 fully saturated rings. The highest BCUT2D eigenvalue weighted by molar-refractivity contribution is 7.89. The summed E-state index contributed by atoms with van der Waals surface area (Å²) in [5.74, 6) is -0.0520. The Bertz CT molecular complexity index is 1230. The first-order valence-electron chi connectivity index (χ1n) is 10.9. The zero-order chi connectivity index (χ0) is 24.1. The minimum Gasteiger partial charge on any atom is -0.335 e. The van der Waals surface area contributed by atoms with Gasteiger partial charge in [0.25, 0.3) is 11.9 Å². The fourth-order valence-corrected chi connectivity index (χ4v) is 4.72. The van der Waals surface area contributed by atoms with Crippen LogP contribution in [-0.4, -0.2) is 64.1 Å². The summed E-state index contributed by atoms with van der Waals surface area (Å²) in [6, 6.07) is 11.4. The number of aromatic nitrogens is 3. The van der Waals surface area contributed by atoms with E-state index in [-0.39, 0.29) is 29.7 Å². The zero-order valence-electron chi connectivity index (χ0n) is 18.6. The summed E-state index contributed by atoms with van der Waals surface area (Å²) >= 11 is 0. The molecule has 4 rings (SSSR count). The van der Waals surface area contributed by atoms with Gasteiger partial charge < -0.3 is 10.6 Å². The maximum atomic E-state index is 12.4. The van der Waals surface area contributed by atoms with Crippen LogP contribution in [0.2, 0.25) is 0 Å². The van der Waals surface area contributed by atoms with Crippen molar-refractivity contribution < 1.29 is 18.0 Å². The number of pyridine rings is 1. The molecule has 1 aliphatic heterocycles. The third-order valence-corrected chi connectivity index (χ3v) is 7.36. The molecule has 3 aromatic rings. The molecule has 0 radical (unpaired) electrons. The Morgan fingerprint density at radius 2 is 1.82 bits per heavy atom. The van der Waals surface area contributed by atoms with Crippen molar-refractivity contribution >= 4 is 39.2 Å². The second kappa shape index (κ2) is 10.1. The van der Waals surface area contributed by atoms with Crippen molar-refractivity contribution in [3.05, 3.63) is 54.2 Å². The van der Waals surface area contributed by atoms with E-state index in [0.717, 1.165) is 0 Å². The molecule has 1 saturated heterocycles. The number of fused-ring (bicyclic) bond motifs is 1. The van der Waals surface area contributed by atoms with Gasteiger partial charge in [-0.15, -0.1) is 5.10 Å². The molecule has 12 nitrogen and oxygen atoms in total. The first-order valence-corrected chi connectivity index (χ1v) is 12.5. The Morgan fingerprint density at radius 1 is 1.09 bits per heavy atom. The number of hydrogen-bond donors (Lipinski definition) is 4. The highest BCUT2D eigenvalue weighted by Gasteiger charge is 2.27. The van der Waals surface area contributed by atoms with Gasteiger partial charge in [0.2, 0.25) is 10.0 Å². The molecule has 3 amide bonds. The van der Waals surface area contributed by atoms with Gasteiger partial charge in [-0.3, -0.25) is 15.6 Å². The van der Waals surface area contributed by atoms with Gasteiger partial charge in [0.1, 0.15) is 0 Å².